The number of hydrogen-bond donors (Lipinski definition) is 2. The van der Waals surface area contributed by atoms with Crippen molar-refractivity contribution in [3.05, 3.63) is 0 Å². The molecule has 0 aliphatic heterocycles. The van der Waals surface area contributed by atoms with Gasteiger partial charge >= 0.3 is 0 Å². The Balaban J connectivity index is -0.000000369. The second-order valence-corrected chi connectivity index (χ2v) is 6.57. The maximum absolute atomic E-state index is 11.8. The first-order valence-electron chi connectivity index (χ1n) is 8.00. The third kappa shape index (κ3) is 19.7. The van der Waals surface area contributed by atoms with Gasteiger partial charge in [0.1, 0.15) is 0 Å². The minimum atomic E-state index is -0.558. The maximum atomic E-state index is 11.8. The summed E-state index contributed by atoms with van der Waals surface area (Å²) in [7, 11) is 1.00. The van der Waals surface area contributed by atoms with Gasteiger partial charge in [0.25, 0.3) is 0 Å². The zero-order chi connectivity index (χ0) is 18.9. The molecular formula is C18H34ClNO3W. The quantitative estimate of drug-likeness (QED) is 0.272. The van der Waals surface area contributed by atoms with E-state index in [2.05, 4.69) is 25.1 Å². The molecule has 0 spiro atoms. The molecule has 0 radical (unpaired) electrons. The summed E-state index contributed by atoms with van der Waals surface area (Å²) in [6.45, 7) is 7.95. The number of amides is 1. The molecule has 6 heteroatoms. The maximum Gasteiger partial charge on any atom is 0.220 e. The molecule has 0 aromatic carbocycles. The van der Waals surface area contributed by atoms with Crippen molar-refractivity contribution in [2.24, 2.45) is 5.41 Å². The molecule has 0 fully saturated rings. The summed E-state index contributed by atoms with van der Waals surface area (Å²) in [5.74, 6) is -0.170. The van der Waals surface area contributed by atoms with Crippen LogP contribution in [0.4, 0.5) is 0 Å². The number of Topliss-reactive ketones (excluding diaryl/α,β-unsaturated/α-hetero) is 1. The Morgan fingerprint density at radius 1 is 1.08 bits per heavy atom. The van der Waals surface area contributed by atoms with Crippen molar-refractivity contribution in [3.8, 4) is 12.8 Å². The van der Waals surface area contributed by atoms with Gasteiger partial charge in [0.2, 0.25) is 5.91 Å². The number of unbranched alkanes of at least 4 members (excludes halogenated alkanes) is 4. The Bertz CT molecular complexity index is 328. The van der Waals surface area contributed by atoms with Gasteiger partial charge in [-0.25, -0.2) is 0 Å². The predicted molar refractivity (Wildman–Crippen MR) is 98.5 cm³/mol. The number of aliphatic hydroxyl groups is 1. The topological polar surface area (TPSA) is 66.4 Å². The van der Waals surface area contributed by atoms with Crippen molar-refractivity contribution in [1.82, 2.24) is 5.32 Å². The monoisotopic (exact) mass is 531 g/mol. The van der Waals surface area contributed by atoms with Gasteiger partial charge in [0.15, 0.2) is 5.78 Å². The standard InChI is InChI=1S/C15H28ClNO2.C2H2.CH4O.W/c1-5-6-7-8-9-10-13(19)17-11-12(18)14(16)15(2,3)4;2*1-2;/h14H,5-11H2,1-4H3,(H,17,19);1-2H;2H,1H3;. The minimum Gasteiger partial charge on any atom is -0.400 e. The number of carbonyl (C=O) groups excluding carboxylic acids is 2. The van der Waals surface area contributed by atoms with Crippen molar-refractivity contribution in [3.63, 3.8) is 0 Å². The Morgan fingerprint density at radius 3 is 1.96 bits per heavy atom. The van der Waals surface area contributed by atoms with Crippen LogP contribution in [-0.2, 0) is 30.7 Å². The van der Waals surface area contributed by atoms with Crippen LogP contribution in [0.15, 0.2) is 0 Å². The zero-order valence-corrected chi connectivity index (χ0v) is 19.4. The molecule has 0 rings (SSSR count). The molecule has 0 saturated carbocycles. The second-order valence-electron chi connectivity index (χ2n) is 6.14. The Labute approximate surface area is 167 Å². The number of rotatable bonds is 9. The van der Waals surface area contributed by atoms with Crippen LogP contribution in [0.3, 0.4) is 0 Å². The molecule has 0 aromatic rings. The number of terminal acetylenes is 1. The van der Waals surface area contributed by atoms with Crippen molar-refractivity contribution >= 4 is 23.3 Å². The molecule has 4 nitrogen and oxygen atoms in total. The molecule has 0 aromatic heterocycles. The summed E-state index contributed by atoms with van der Waals surface area (Å²) in [6.07, 6.45) is 14.1. The average molecular weight is 532 g/mol. The van der Waals surface area contributed by atoms with E-state index in [9.17, 15) is 9.59 Å². The summed E-state index contributed by atoms with van der Waals surface area (Å²) in [5, 5.41) is 9.10. The first-order chi connectivity index (χ1) is 10.8. The zero-order valence-electron chi connectivity index (χ0n) is 15.7. The van der Waals surface area contributed by atoms with E-state index in [1.54, 1.807) is 0 Å². The van der Waals surface area contributed by atoms with Crippen molar-refractivity contribution in [1.29, 1.82) is 0 Å². The van der Waals surface area contributed by atoms with E-state index in [-0.39, 0.29) is 44.7 Å². The van der Waals surface area contributed by atoms with Gasteiger partial charge in [-0.05, 0) is 11.8 Å². The number of hydrogen-bond acceptors (Lipinski definition) is 3. The van der Waals surface area contributed by atoms with Gasteiger partial charge < -0.3 is 10.4 Å². The summed E-state index contributed by atoms with van der Waals surface area (Å²) in [6, 6.07) is 0. The molecule has 0 bridgehead atoms. The van der Waals surface area contributed by atoms with Gasteiger partial charge in [0.05, 0.1) is 11.9 Å². The molecule has 0 aliphatic carbocycles. The Kier molecular flexibility index (Phi) is 27.1. The van der Waals surface area contributed by atoms with E-state index < -0.39 is 5.38 Å². The fourth-order valence-electron chi connectivity index (χ4n) is 1.74. The smallest absolute Gasteiger partial charge is 0.220 e. The third-order valence-electron chi connectivity index (χ3n) is 3.01. The van der Waals surface area contributed by atoms with Crippen LogP contribution in [0.5, 0.6) is 0 Å². The van der Waals surface area contributed by atoms with E-state index >= 15 is 0 Å². The normalized spacial score (nSPS) is 10.7. The van der Waals surface area contributed by atoms with Gasteiger partial charge in [0, 0.05) is 34.6 Å². The third-order valence-corrected chi connectivity index (χ3v) is 3.91. The van der Waals surface area contributed by atoms with E-state index in [0.717, 1.165) is 20.0 Å². The van der Waals surface area contributed by atoms with Crippen LogP contribution in [0.2, 0.25) is 0 Å². The van der Waals surface area contributed by atoms with Crippen LogP contribution in [0.25, 0.3) is 0 Å². The van der Waals surface area contributed by atoms with Crippen molar-refractivity contribution < 1.29 is 35.8 Å². The van der Waals surface area contributed by atoms with Crippen molar-refractivity contribution in [2.45, 2.75) is 71.6 Å². The molecule has 1 amide bonds. The molecule has 0 saturated heterocycles. The summed E-state index contributed by atoms with van der Waals surface area (Å²) in [4.78, 5) is 23.3. The van der Waals surface area contributed by atoms with Crippen LogP contribution >= 0.6 is 11.6 Å². The summed E-state index contributed by atoms with van der Waals surface area (Å²) >= 11 is 6.05. The molecule has 1 atom stereocenters. The molecule has 0 heterocycles. The van der Waals surface area contributed by atoms with Gasteiger partial charge in [-0.15, -0.1) is 24.4 Å². The van der Waals surface area contributed by atoms with E-state index in [4.69, 9.17) is 16.7 Å². The van der Waals surface area contributed by atoms with E-state index in [1.807, 2.05) is 20.8 Å². The minimum absolute atomic E-state index is 0. The van der Waals surface area contributed by atoms with E-state index in [0.29, 0.717) is 6.42 Å². The van der Waals surface area contributed by atoms with Crippen LogP contribution in [0.1, 0.15) is 66.2 Å². The fraction of sp³-hybridized carbons (Fsp3) is 0.778. The number of aliphatic hydroxyl groups excluding tert-OH is 1. The first kappa shape index (κ1) is 31.4. The predicted octanol–water partition coefficient (Wildman–Crippen LogP) is 3.54. The Morgan fingerprint density at radius 2 is 1.54 bits per heavy atom. The molecular weight excluding hydrogens is 497 g/mol. The summed E-state index contributed by atoms with van der Waals surface area (Å²) < 4.78 is 0. The molecule has 142 valence electrons. The molecule has 2 N–H and O–H groups in total. The number of ketones is 1. The molecule has 24 heavy (non-hydrogen) atoms. The largest absolute Gasteiger partial charge is 0.400 e. The van der Waals surface area contributed by atoms with Crippen LogP contribution < -0.4 is 5.32 Å². The van der Waals surface area contributed by atoms with Crippen LogP contribution in [-0.4, -0.2) is 35.8 Å². The fourth-order valence-corrected chi connectivity index (χ4v) is 1.81. The second kappa shape index (κ2) is 20.7. The average Bonchev–Trinajstić information content (AvgIpc) is 2.54. The van der Waals surface area contributed by atoms with E-state index in [1.165, 1.54) is 19.3 Å². The first-order valence-corrected chi connectivity index (χ1v) is 8.44. The summed E-state index contributed by atoms with van der Waals surface area (Å²) in [5.41, 5.74) is -0.274. The SMILES string of the molecule is C#C.CCCCCCCC(=O)NCC(=O)C(Cl)C(C)(C)C.CO.[W]. The van der Waals surface area contributed by atoms with Crippen LogP contribution in [0, 0.1) is 18.3 Å². The molecule has 1 unspecified atom stereocenters. The van der Waals surface area contributed by atoms with Gasteiger partial charge in [-0.2, -0.15) is 0 Å². The number of halogens is 1. The van der Waals surface area contributed by atoms with Crippen molar-refractivity contribution in [2.75, 3.05) is 13.7 Å². The molecule has 0 aliphatic rings. The number of alkyl halides is 1. The number of carbonyl (C=O) groups is 2. The van der Waals surface area contributed by atoms with Gasteiger partial charge in [-0.1, -0.05) is 53.4 Å². The number of nitrogens with one attached hydrogen (secondary N) is 1. The Hall–Kier alpha value is -0.362. The van der Waals surface area contributed by atoms with Gasteiger partial charge in [-0.3, -0.25) is 9.59 Å².